The lowest BCUT2D eigenvalue weighted by Gasteiger charge is -2.51. The lowest BCUT2D eigenvalue weighted by Crippen LogP contribution is -2.66. The fraction of sp³-hybridized carbons (Fsp3) is 0.806. The van der Waals surface area contributed by atoms with Crippen LogP contribution in [0.3, 0.4) is 0 Å². The van der Waals surface area contributed by atoms with Gasteiger partial charge in [-0.15, -0.1) is 0 Å². The molecule has 2 N–H and O–H groups in total. The van der Waals surface area contributed by atoms with Gasteiger partial charge in [-0.1, -0.05) is 69.2 Å². The van der Waals surface area contributed by atoms with Gasteiger partial charge in [-0.3, -0.25) is 24.5 Å². The van der Waals surface area contributed by atoms with E-state index in [4.69, 9.17) is 27.2 Å². The third-order valence-electron chi connectivity index (χ3n) is 9.54. The number of fused-ring (bicyclic) bond motifs is 2. The van der Waals surface area contributed by atoms with E-state index in [9.17, 15) is 9.59 Å². The second kappa shape index (κ2) is 13.9. The molecule has 0 bridgehead atoms. The smallest absolute Gasteiger partial charge is 0.335 e. The predicted octanol–water partition coefficient (Wildman–Crippen LogP) is 5.48. The number of nitrogens with zero attached hydrogens (tertiary/aromatic N) is 3. The molecule has 1 amide bonds. The molecule has 46 heavy (non-hydrogen) atoms. The van der Waals surface area contributed by atoms with E-state index < -0.39 is 53.5 Å². The molecule has 2 aromatic rings. The lowest BCUT2D eigenvalue weighted by atomic mass is 10.1. The second-order valence-electron chi connectivity index (χ2n) is 14.4. The van der Waals surface area contributed by atoms with Crippen LogP contribution in [0.25, 0.3) is 11.2 Å². The van der Waals surface area contributed by atoms with Gasteiger partial charge >= 0.3 is 17.1 Å². The molecule has 5 heterocycles. The number of amides is 1. The topological polar surface area (TPSA) is 148 Å². The van der Waals surface area contributed by atoms with Gasteiger partial charge in [-0.2, -0.15) is 4.98 Å². The molecule has 3 aliphatic heterocycles. The number of rotatable bonds is 9. The molecule has 3 saturated heterocycles. The summed E-state index contributed by atoms with van der Waals surface area (Å²) in [5.74, 6) is -0.526. The number of ether oxygens (including phenoxy) is 3. The predicted molar refractivity (Wildman–Crippen MR) is 178 cm³/mol. The molecule has 5 rings (SSSR count). The number of H-pyrrole nitrogens is 1. The molecule has 0 saturated carbocycles. The molecule has 0 aliphatic carbocycles. The Bertz CT molecular complexity index is 1410. The number of imidazole rings is 1. The minimum absolute atomic E-state index is 0.0405. The molecular weight excluding hydrogens is 627 g/mol. The van der Waals surface area contributed by atoms with Crippen molar-refractivity contribution < 1.29 is 32.0 Å². The van der Waals surface area contributed by atoms with Gasteiger partial charge in [-0.25, -0.2) is 4.98 Å². The van der Waals surface area contributed by atoms with Crippen LogP contribution < -0.4 is 10.9 Å². The Kier molecular flexibility index (Phi) is 10.6. The van der Waals surface area contributed by atoms with Crippen molar-refractivity contribution in [1.82, 2.24) is 19.5 Å². The van der Waals surface area contributed by atoms with Crippen LogP contribution in [0.1, 0.15) is 94.7 Å². The van der Waals surface area contributed by atoms with Crippen LogP contribution in [0, 0.1) is 5.92 Å². The summed E-state index contributed by atoms with van der Waals surface area (Å²) in [7, 11) is -5.80. The van der Waals surface area contributed by atoms with E-state index in [-0.39, 0.29) is 57.7 Å². The number of anilines is 1. The third kappa shape index (κ3) is 6.53. The van der Waals surface area contributed by atoms with Crippen molar-refractivity contribution in [3.63, 3.8) is 0 Å². The standard InChI is InChI=1S/C31H53N5O8Si2/c1-17(2)28(37)34-31-33-27-24(29(38)35-31)32-16-36(27)30-26(42-23-13-11-12-14-39-23)25-22(41-30)15-40-45(18(3)4,19(5)6)44-46(43-25,20(7)8)21(9)10/h16-23,25-26,30H,11-15H2,1-10H3,(H2,33,34,35,37,38)/t22-,23?,25-,26?,30-/m1/s1. The molecule has 3 fully saturated rings. The first kappa shape index (κ1) is 35.3. The molecule has 5 atom stereocenters. The van der Waals surface area contributed by atoms with Gasteiger partial charge < -0.3 is 27.2 Å². The summed E-state index contributed by atoms with van der Waals surface area (Å²) in [5, 5.41) is 2.70. The van der Waals surface area contributed by atoms with Gasteiger partial charge in [0, 0.05) is 12.5 Å². The molecule has 15 heteroatoms. The largest absolute Gasteiger partial charge is 0.414 e. The lowest BCUT2D eigenvalue weighted by molar-refractivity contribution is -0.214. The van der Waals surface area contributed by atoms with E-state index in [0.29, 0.717) is 6.61 Å². The molecule has 3 aliphatic rings. The van der Waals surface area contributed by atoms with E-state index in [1.54, 1.807) is 18.4 Å². The first-order chi connectivity index (χ1) is 21.7. The summed E-state index contributed by atoms with van der Waals surface area (Å²) in [6, 6.07) is 0. The average molecular weight is 680 g/mol. The van der Waals surface area contributed by atoms with Gasteiger partial charge in [0.2, 0.25) is 11.9 Å². The second-order valence-corrected chi connectivity index (χ2v) is 23.2. The molecular formula is C31H53N5O8Si2. The maximum atomic E-state index is 13.1. The first-order valence-corrected chi connectivity index (χ1v) is 20.9. The van der Waals surface area contributed by atoms with Crippen LogP contribution in [0.5, 0.6) is 0 Å². The average Bonchev–Trinajstić information content (AvgIpc) is 3.54. The van der Waals surface area contributed by atoms with Gasteiger partial charge in [-0.05, 0) is 41.4 Å². The summed E-state index contributed by atoms with van der Waals surface area (Å²) < 4.78 is 43.2. The Morgan fingerprint density at radius 3 is 2.28 bits per heavy atom. The molecule has 13 nitrogen and oxygen atoms in total. The van der Waals surface area contributed by atoms with E-state index in [1.807, 2.05) is 0 Å². The van der Waals surface area contributed by atoms with E-state index in [2.05, 4.69) is 75.7 Å². The number of nitrogens with one attached hydrogen (secondary N) is 2. The first-order valence-electron chi connectivity index (χ1n) is 16.9. The summed E-state index contributed by atoms with van der Waals surface area (Å²) in [6.45, 7) is 21.9. The summed E-state index contributed by atoms with van der Waals surface area (Å²) in [6.07, 6.45) is 1.36. The normalized spacial score (nSPS) is 28.3. The number of hydrogen-bond donors (Lipinski definition) is 2. The fourth-order valence-electron chi connectivity index (χ4n) is 6.92. The van der Waals surface area contributed by atoms with Crippen LogP contribution in [0.2, 0.25) is 22.2 Å². The highest BCUT2D eigenvalue weighted by Crippen LogP contribution is 2.49. The van der Waals surface area contributed by atoms with Crippen LogP contribution >= 0.6 is 0 Å². The van der Waals surface area contributed by atoms with Gasteiger partial charge in [0.05, 0.1) is 12.9 Å². The third-order valence-corrected chi connectivity index (χ3v) is 19.8. The van der Waals surface area contributed by atoms with Crippen LogP contribution in [0.15, 0.2) is 11.1 Å². The van der Waals surface area contributed by atoms with Crippen molar-refractivity contribution in [3.8, 4) is 0 Å². The zero-order valence-electron chi connectivity index (χ0n) is 29.0. The maximum absolute atomic E-state index is 13.1. The molecule has 0 spiro atoms. The highest BCUT2D eigenvalue weighted by molar-refractivity contribution is 6.84. The summed E-state index contributed by atoms with van der Waals surface area (Å²) in [5.41, 5.74) is 0.528. The number of aromatic nitrogens is 4. The van der Waals surface area contributed by atoms with Crippen molar-refractivity contribution >= 4 is 40.1 Å². The van der Waals surface area contributed by atoms with Crippen molar-refractivity contribution in [1.29, 1.82) is 0 Å². The van der Waals surface area contributed by atoms with Crippen molar-refractivity contribution in [2.45, 2.75) is 141 Å². The Morgan fingerprint density at radius 2 is 1.70 bits per heavy atom. The molecule has 2 unspecified atom stereocenters. The van der Waals surface area contributed by atoms with Crippen molar-refractivity contribution in [3.05, 3.63) is 16.7 Å². The number of carbonyl (C=O) groups is 1. The van der Waals surface area contributed by atoms with E-state index in [1.165, 1.54) is 6.33 Å². The SMILES string of the molecule is CC(C)C(=O)Nc1nc2c(ncn2[C@@H]2O[C@@H]3CO[Si](C(C)C)(C(C)C)O[Si](C(C)C)(C(C)C)O[C@H]3C2OC2CCCCO2)c(=O)[nH]1. The van der Waals surface area contributed by atoms with Gasteiger partial charge in [0.15, 0.2) is 23.7 Å². The van der Waals surface area contributed by atoms with Crippen LogP contribution in [-0.4, -0.2) is 80.4 Å². The van der Waals surface area contributed by atoms with E-state index in [0.717, 1.165) is 19.3 Å². The van der Waals surface area contributed by atoms with Crippen molar-refractivity contribution in [2.24, 2.45) is 5.92 Å². The van der Waals surface area contributed by atoms with Gasteiger partial charge in [0.25, 0.3) is 5.56 Å². The quantitative estimate of drug-likeness (QED) is 0.327. The maximum Gasteiger partial charge on any atom is 0.335 e. The summed E-state index contributed by atoms with van der Waals surface area (Å²) >= 11 is 0. The Hall–Kier alpha value is -1.99. The number of hydrogen-bond acceptors (Lipinski definition) is 10. The number of aromatic amines is 1. The minimum Gasteiger partial charge on any atom is -0.414 e. The molecule has 0 aromatic carbocycles. The zero-order valence-corrected chi connectivity index (χ0v) is 31.0. The van der Waals surface area contributed by atoms with Crippen molar-refractivity contribution in [2.75, 3.05) is 18.5 Å². The van der Waals surface area contributed by atoms with E-state index >= 15 is 0 Å². The van der Waals surface area contributed by atoms with Gasteiger partial charge in [0.1, 0.15) is 18.3 Å². The molecule has 2 aromatic heterocycles. The highest BCUT2D eigenvalue weighted by atomic mass is 28.5. The highest BCUT2D eigenvalue weighted by Gasteiger charge is 2.62. The van der Waals surface area contributed by atoms with Crippen LogP contribution in [-0.2, 0) is 32.0 Å². The minimum atomic E-state index is -3.00. The Morgan fingerprint density at radius 1 is 1.02 bits per heavy atom. The Balaban J connectivity index is 1.62. The number of carbonyl (C=O) groups excluding carboxylic acids is 1. The summed E-state index contributed by atoms with van der Waals surface area (Å²) in [4.78, 5) is 37.2. The zero-order chi connectivity index (χ0) is 33.6. The fourth-order valence-corrected chi connectivity index (χ4v) is 18.1. The molecule has 258 valence electrons. The monoisotopic (exact) mass is 679 g/mol. The van der Waals surface area contributed by atoms with Crippen LogP contribution in [0.4, 0.5) is 5.95 Å². The molecule has 0 radical (unpaired) electrons. The Labute approximate surface area is 273 Å².